The summed E-state index contributed by atoms with van der Waals surface area (Å²) in [5.74, 6) is -0.000294. The smallest absolute Gasteiger partial charge is 0.305 e. The van der Waals surface area contributed by atoms with Crippen LogP contribution in [0.5, 0.6) is 0 Å². The summed E-state index contributed by atoms with van der Waals surface area (Å²) in [4.78, 5) is 11.9. The molecular formula is C36H64O2. The molecule has 220 valence electrons. The summed E-state index contributed by atoms with van der Waals surface area (Å²) >= 11 is 0. The molecule has 0 aromatic heterocycles. The van der Waals surface area contributed by atoms with Crippen molar-refractivity contribution in [2.75, 3.05) is 6.61 Å². The first kappa shape index (κ1) is 36.4. The molecule has 0 aromatic carbocycles. The van der Waals surface area contributed by atoms with Gasteiger partial charge in [0.2, 0.25) is 0 Å². The van der Waals surface area contributed by atoms with Crippen LogP contribution in [0, 0.1) is 0 Å². The van der Waals surface area contributed by atoms with E-state index in [4.69, 9.17) is 4.74 Å². The molecule has 0 spiro atoms. The van der Waals surface area contributed by atoms with Gasteiger partial charge in [0.15, 0.2) is 0 Å². The largest absolute Gasteiger partial charge is 0.466 e. The highest BCUT2D eigenvalue weighted by atomic mass is 16.5. The van der Waals surface area contributed by atoms with Gasteiger partial charge in [0.05, 0.1) is 6.61 Å². The third-order valence-corrected chi connectivity index (χ3v) is 7.00. The van der Waals surface area contributed by atoms with Crippen LogP contribution in [0.1, 0.15) is 168 Å². The molecular weight excluding hydrogens is 464 g/mol. The molecule has 38 heavy (non-hydrogen) atoms. The lowest BCUT2D eigenvalue weighted by Gasteiger charge is -2.05. The molecule has 0 aliphatic carbocycles. The van der Waals surface area contributed by atoms with Crippen molar-refractivity contribution in [3.8, 4) is 0 Å². The van der Waals surface area contributed by atoms with E-state index in [0.29, 0.717) is 13.0 Å². The Kier molecular flexibility index (Phi) is 32.1. The molecule has 0 saturated heterocycles. The lowest BCUT2D eigenvalue weighted by atomic mass is 10.1. The number of rotatable bonds is 29. The van der Waals surface area contributed by atoms with Gasteiger partial charge >= 0.3 is 5.97 Å². The third-order valence-electron chi connectivity index (χ3n) is 7.00. The minimum atomic E-state index is -0.000294. The fraction of sp³-hybridized carbons (Fsp3) is 0.750. The quantitative estimate of drug-likeness (QED) is 0.0548. The van der Waals surface area contributed by atoms with Gasteiger partial charge in [-0.15, -0.1) is 0 Å². The zero-order valence-corrected chi connectivity index (χ0v) is 25.6. The highest BCUT2D eigenvalue weighted by molar-refractivity contribution is 5.69. The van der Waals surface area contributed by atoms with Gasteiger partial charge in [0.1, 0.15) is 0 Å². The summed E-state index contributed by atoms with van der Waals surface area (Å²) in [7, 11) is 0. The summed E-state index contributed by atoms with van der Waals surface area (Å²) in [6.45, 7) is 5.11. The summed E-state index contributed by atoms with van der Waals surface area (Å²) in [6.07, 6.45) is 47.2. The number of esters is 1. The second kappa shape index (κ2) is 33.5. The van der Waals surface area contributed by atoms with Crippen LogP contribution < -0.4 is 0 Å². The third kappa shape index (κ3) is 32.5. The van der Waals surface area contributed by atoms with Crippen LogP contribution in [-0.2, 0) is 9.53 Å². The number of unbranched alkanes of at least 4 members (excludes halogenated alkanes) is 19. The van der Waals surface area contributed by atoms with Crippen molar-refractivity contribution in [1.29, 1.82) is 0 Å². The number of ether oxygens (including phenoxy) is 1. The summed E-state index contributed by atoms with van der Waals surface area (Å²) in [6, 6.07) is 0. The Morgan fingerprint density at radius 3 is 1.26 bits per heavy atom. The van der Waals surface area contributed by atoms with Gasteiger partial charge in [0.25, 0.3) is 0 Å². The van der Waals surface area contributed by atoms with E-state index in [1.165, 1.54) is 128 Å². The maximum absolute atomic E-state index is 11.9. The molecule has 0 rings (SSSR count). The molecule has 2 heteroatoms. The van der Waals surface area contributed by atoms with E-state index in [9.17, 15) is 4.79 Å². The van der Waals surface area contributed by atoms with Crippen LogP contribution in [0.4, 0.5) is 0 Å². The van der Waals surface area contributed by atoms with Gasteiger partial charge < -0.3 is 4.74 Å². The van der Waals surface area contributed by atoms with E-state index < -0.39 is 0 Å². The highest BCUT2D eigenvalue weighted by Gasteiger charge is 2.02. The Labute approximate surface area is 238 Å². The van der Waals surface area contributed by atoms with Crippen LogP contribution in [0.15, 0.2) is 48.6 Å². The van der Waals surface area contributed by atoms with Crippen LogP contribution >= 0.6 is 0 Å². The van der Waals surface area contributed by atoms with Crippen molar-refractivity contribution in [2.24, 2.45) is 0 Å². The minimum absolute atomic E-state index is 0.000294. The normalized spacial score (nSPS) is 12.2. The Balaban J connectivity index is 3.29. The molecule has 2 nitrogen and oxygen atoms in total. The maximum atomic E-state index is 11.9. The zero-order chi connectivity index (χ0) is 27.6. The first-order valence-corrected chi connectivity index (χ1v) is 16.6. The van der Waals surface area contributed by atoms with E-state index in [2.05, 4.69) is 62.5 Å². The Morgan fingerprint density at radius 2 is 0.789 bits per heavy atom. The lowest BCUT2D eigenvalue weighted by molar-refractivity contribution is -0.143. The fourth-order valence-corrected chi connectivity index (χ4v) is 4.47. The fourth-order valence-electron chi connectivity index (χ4n) is 4.47. The Hall–Kier alpha value is -1.57. The molecule has 0 fully saturated rings. The Morgan fingerprint density at radius 1 is 0.447 bits per heavy atom. The summed E-state index contributed by atoms with van der Waals surface area (Å²) in [5, 5.41) is 0. The predicted octanol–water partition coefficient (Wildman–Crippen LogP) is 12.2. The molecule has 0 aliphatic heterocycles. The molecule has 0 amide bonds. The second-order valence-corrected chi connectivity index (χ2v) is 10.8. The molecule has 0 unspecified atom stereocenters. The molecule has 0 aliphatic rings. The summed E-state index contributed by atoms with van der Waals surface area (Å²) < 4.78 is 5.41. The van der Waals surface area contributed by atoms with Crippen molar-refractivity contribution in [3.05, 3.63) is 48.6 Å². The predicted molar refractivity (Wildman–Crippen MR) is 170 cm³/mol. The second-order valence-electron chi connectivity index (χ2n) is 10.8. The van der Waals surface area contributed by atoms with Crippen LogP contribution in [-0.4, -0.2) is 12.6 Å². The first-order valence-electron chi connectivity index (χ1n) is 16.6. The molecule has 0 aromatic rings. The highest BCUT2D eigenvalue weighted by Crippen LogP contribution is 2.11. The van der Waals surface area contributed by atoms with Gasteiger partial charge in [-0.3, -0.25) is 4.79 Å². The SMILES string of the molecule is CCCCC/C=C\C=C/CCCCCCCCC(=O)OCCCCCCCC/C=C\C=C/CCCCCC. The lowest BCUT2D eigenvalue weighted by Crippen LogP contribution is -2.05. The molecule has 0 bridgehead atoms. The van der Waals surface area contributed by atoms with Crippen molar-refractivity contribution < 1.29 is 9.53 Å². The topological polar surface area (TPSA) is 26.3 Å². The molecule has 0 saturated carbocycles. The zero-order valence-electron chi connectivity index (χ0n) is 25.6. The molecule has 0 N–H and O–H groups in total. The van der Waals surface area contributed by atoms with E-state index in [1.54, 1.807) is 0 Å². The van der Waals surface area contributed by atoms with Gasteiger partial charge in [-0.2, -0.15) is 0 Å². The first-order chi connectivity index (χ1) is 18.8. The van der Waals surface area contributed by atoms with Gasteiger partial charge in [-0.1, -0.05) is 146 Å². The van der Waals surface area contributed by atoms with Gasteiger partial charge in [-0.25, -0.2) is 0 Å². The van der Waals surface area contributed by atoms with E-state index in [-0.39, 0.29) is 5.97 Å². The van der Waals surface area contributed by atoms with Crippen molar-refractivity contribution in [1.82, 2.24) is 0 Å². The average Bonchev–Trinajstić information content (AvgIpc) is 2.92. The van der Waals surface area contributed by atoms with Crippen LogP contribution in [0.2, 0.25) is 0 Å². The Bertz CT molecular complexity index is 584. The van der Waals surface area contributed by atoms with E-state index in [0.717, 1.165) is 19.3 Å². The van der Waals surface area contributed by atoms with Crippen LogP contribution in [0.25, 0.3) is 0 Å². The van der Waals surface area contributed by atoms with Crippen molar-refractivity contribution in [3.63, 3.8) is 0 Å². The number of hydrogen-bond acceptors (Lipinski definition) is 2. The number of allylic oxidation sites excluding steroid dienone is 8. The monoisotopic (exact) mass is 528 g/mol. The minimum Gasteiger partial charge on any atom is -0.466 e. The van der Waals surface area contributed by atoms with Gasteiger partial charge in [0, 0.05) is 6.42 Å². The number of carbonyl (C=O) groups is 1. The number of hydrogen-bond donors (Lipinski definition) is 0. The molecule has 0 radical (unpaired) electrons. The summed E-state index contributed by atoms with van der Waals surface area (Å²) in [5.41, 5.74) is 0. The van der Waals surface area contributed by atoms with E-state index >= 15 is 0 Å². The standard InChI is InChI=1S/C36H64O2/c1-3-5-7-9-11-13-15-17-19-21-23-25-27-29-31-33-35-38-36(37)34-32-30-28-26-24-22-20-18-16-14-12-10-8-6-4-2/h12-19H,3-11,20-35H2,1-2H3/b14-12-,15-13-,18-16-,19-17-. The maximum Gasteiger partial charge on any atom is 0.305 e. The van der Waals surface area contributed by atoms with E-state index in [1.807, 2.05) is 0 Å². The van der Waals surface area contributed by atoms with Crippen molar-refractivity contribution >= 4 is 5.97 Å². The molecule has 0 atom stereocenters. The average molecular weight is 529 g/mol. The van der Waals surface area contributed by atoms with Gasteiger partial charge in [-0.05, 0) is 64.2 Å². The van der Waals surface area contributed by atoms with Crippen LogP contribution in [0.3, 0.4) is 0 Å². The van der Waals surface area contributed by atoms with Crippen molar-refractivity contribution in [2.45, 2.75) is 168 Å². The molecule has 0 heterocycles. The number of carbonyl (C=O) groups excluding carboxylic acids is 1.